The van der Waals surface area contributed by atoms with E-state index in [1.807, 2.05) is 0 Å². The monoisotopic (exact) mass is 184 g/mol. The number of carbonyl (C=O) groups excluding carboxylic acids is 2. The molecule has 0 saturated heterocycles. The molecule has 0 N–H and O–H groups in total. The van der Waals surface area contributed by atoms with Crippen LogP contribution in [0.4, 0.5) is 0 Å². The van der Waals surface area contributed by atoms with Crippen LogP contribution in [0.3, 0.4) is 0 Å². The minimum Gasteiger partial charge on any atom is -0.466 e. The smallest absolute Gasteiger partial charge is 0.334 e. The molecule has 0 aliphatic rings. The third-order valence-corrected chi connectivity index (χ3v) is 1.39. The second-order valence-corrected chi connectivity index (χ2v) is 2.31. The van der Waals surface area contributed by atoms with Gasteiger partial charge in [-0.25, -0.2) is 0 Å². The first kappa shape index (κ1) is 11.5. The molecule has 72 valence electrons. The fourth-order valence-corrected chi connectivity index (χ4v) is 0.769. The van der Waals surface area contributed by atoms with Crippen LogP contribution in [-0.2, 0) is 14.3 Å². The van der Waals surface area contributed by atoms with E-state index in [1.54, 1.807) is 13.8 Å². The normalized spacial score (nSPS) is 8.77. The Balaban J connectivity index is 4.15. The van der Waals surface area contributed by atoms with Crippen LogP contribution in [0.1, 0.15) is 26.7 Å². The van der Waals surface area contributed by atoms with Gasteiger partial charge in [-0.2, -0.15) is 4.79 Å². The van der Waals surface area contributed by atoms with Gasteiger partial charge in [0.15, 0.2) is 0 Å². The van der Waals surface area contributed by atoms with Crippen LogP contribution < -0.4 is 0 Å². The van der Waals surface area contributed by atoms with Gasteiger partial charge >= 0.3 is 11.7 Å². The number of Topliss-reactive ketones (excluding diaryl/α,β-unsaturated/α-hetero) is 1. The molecule has 0 fully saturated rings. The van der Waals surface area contributed by atoms with E-state index in [0.717, 1.165) is 0 Å². The molecule has 0 radical (unpaired) electrons. The zero-order valence-electron chi connectivity index (χ0n) is 7.74. The summed E-state index contributed by atoms with van der Waals surface area (Å²) >= 11 is 0. The van der Waals surface area contributed by atoms with Crippen molar-refractivity contribution in [3.8, 4) is 0 Å². The van der Waals surface area contributed by atoms with E-state index in [1.165, 1.54) is 0 Å². The Kier molecular flexibility index (Phi) is 5.39. The molecular formula is C8H12N2O3. The van der Waals surface area contributed by atoms with Crippen LogP contribution in [0.2, 0.25) is 0 Å². The van der Waals surface area contributed by atoms with Crippen molar-refractivity contribution >= 4 is 17.5 Å². The number of ketones is 1. The molecule has 0 heterocycles. The SMILES string of the molecule is CCOC(=O)CC(=O)C(CC)=[N+]=[N-]. The van der Waals surface area contributed by atoms with Crippen molar-refractivity contribution in [1.29, 1.82) is 0 Å². The number of hydrogen-bond acceptors (Lipinski definition) is 3. The van der Waals surface area contributed by atoms with Gasteiger partial charge in [0.1, 0.15) is 6.42 Å². The second-order valence-electron chi connectivity index (χ2n) is 2.31. The average Bonchev–Trinajstić information content (AvgIpc) is 2.06. The van der Waals surface area contributed by atoms with Crippen LogP contribution in [0.25, 0.3) is 5.53 Å². The Bertz CT molecular complexity index is 254. The third-order valence-electron chi connectivity index (χ3n) is 1.39. The van der Waals surface area contributed by atoms with Crippen molar-refractivity contribution in [2.24, 2.45) is 0 Å². The van der Waals surface area contributed by atoms with Gasteiger partial charge in [-0.15, -0.1) is 0 Å². The van der Waals surface area contributed by atoms with Gasteiger partial charge in [0.05, 0.1) is 13.0 Å². The number of ether oxygens (including phenoxy) is 1. The molecule has 0 bridgehead atoms. The van der Waals surface area contributed by atoms with Crippen LogP contribution in [0.5, 0.6) is 0 Å². The zero-order chi connectivity index (χ0) is 10.3. The van der Waals surface area contributed by atoms with E-state index in [-0.39, 0.29) is 18.7 Å². The highest BCUT2D eigenvalue weighted by Gasteiger charge is 2.21. The number of rotatable bonds is 5. The van der Waals surface area contributed by atoms with E-state index in [2.05, 4.69) is 9.53 Å². The minimum absolute atomic E-state index is 0.00643. The van der Waals surface area contributed by atoms with E-state index in [0.29, 0.717) is 6.42 Å². The molecule has 0 aromatic rings. The molecule has 0 rings (SSSR count). The molecule has 0 aliphatic carbocycles. The third kappa shape index (κ3) is 4.18. The lowest BCUT2D eigenvalue weighted by molar-refractivity contribution is -0.145. The largest absolute Gasteiger partial charge is 0.466 e. The van der Waals surface area contributed by atoms with Crippen molar-refractivity contribution in [3.63, 3.8) is 0 Å². The van der Waals surface area contributed by atoms with Gasteiger partial charge < -0.3 is 10.3 Å². The van der Waals surface area contributed by atoms with Crippen molar-refractivity contribution in [3.05, 3.63) is 5.53 Å². The number of hydrogen-bond donors (Lipinski definition) is 0. The Labute approximate surface area is 76.3 Å². The Hall–Kier alpha value is -1.48. The predicted octanol–water partition coefficient (Wildman–Crippen LogP) is 0.590. The molecule has 0 saturated carbocycles. The Morgan fingerprint density at radius 3 is 2.38 bits per heavy atom. The summed E-state index contributed by atoms with van der Waals surface area (Å²) in [4.78, 5) is 24.7. The fraction of sp³-hybridized carbons (Fsp3) is 0.625. The van der Waals surface area contributed by atoms with Crippen LogP contribution in [-0.4, -0.2) is 28.9 Å². The highest BCUT2D eigenvalue weighted by Crippen LogP contribution is 1.92. The maximum absolute atomic E-state index is 11.1. The number of carbonyl (C=O) groups is 2. The fourth-order valence-electron chi connectivity index (χ4n) is 0.769. The summed E-state index contributed by atoms with van der Waals surface area (Å²) in [5.41, 5.74) is 8.35. The summed E-state index contributed by atoms with van der Waals surface area (Å²) in [7, 11) is 0. The van der Waals surface area contributed by atoms with Crippen LogP contribution in [0, 0.1) is 0 Å². The summed E-state index contributed by atoms with van der Waals surface area (Å²) in [6.07, 6.45) is -0.0597. The number of nitrogens with zero attached hydrogens (tertiary/aromatic N) is 2. The van der Waals surface area contributed by atoms with Crippen molar-refractivity contribution in [2.45, 2.75) is 26.7 Å². The molecule has 0 amide bonds. The standard InChI is InChI=1S/C8H12N2O3/c1-3-6(10-9)7(11)5-8(12)13-4-2/h3-5H2,1-2H3. The maximum atomic E-state index is 11.1. The first-order valence-electron chi connectivity index (χ1n) is 4.05. The summed E-state index contributed by atoms with van der Waals surface area (Å²) in [6.45, 7) is 3.56. The summed E-state index contributed by atoms with van der Waals surface area (Å²) in [5.74, 6) is -1.09. The topological polar surface area (TPSA) is 79.8 Å². The quantitative estimate of drug-likeness (QED) is 0.206. The lowest BCUT2D eigenvalue weighted by atomic mass is 10.1. The number of esters is 1. The minimum atomic E-state index is -0.595. The molecule has 5 heteroatoms. The summed E-state index contributed by atoms with van der Waals surface area (Å²) in [6, 6.07) is 0. The highest BCUT2D eigenvalue weighted by molar-refractivity contribution is 6.40. The summed E-state index contributed by atoms with van der Waals surface area (Å²) < 4.78 is 4.56. The van der Waals surface area contributed by atoms with Crippen molar-refractivity contribution in [2.75, 3.05) is 6.61 Å². The maximum Gasteiger partial charge on any atom is 0.334 e. The van der Waals surface area contributed by atoms with Crippen molar-refractivity contribution in [1.82, 2.24) is 0 Å². The molecule has 0 aliphatic heterocycles. The first-order chi connectivity index (χ1) is 6.15. The first-order valence-corrected chi connectivity index (χ1v) is 4.05. The molecule has 0 aromatic carbocycles. The Morgan fingerprint density at radius 1 is 1.38 bits per heavy atom. The second kappa shape index (κ2) is 6.08. The average molecular weight is 184 g/mol. The Morgan fingerprint density at radius 2 is 2.00 bits per heavy atom. The van der Waals surface area contributed by atoms with E-state index < -0.39 is 11.8 Å². The molecular weight excluding hydrogens is 172 g/mol. The van der Waals surface area contributed by atoms with Gasteiger partial charge in [-0.3, -0.25) is 9.59 Å². The molecule has 0 atom stereocenters. The van der Waals surface area contributed by atoms with E-state index >= 15 is 0 Å². The molecule has 0 aromatic heterocycles. The summed E-state index contributed by atoms with van der Waals surface area (Å²) in [5, 5.41) is 0. The lowest BCUT2D eigenvalue weighted by Gasteiger charge is -1.97. The van der Waals surface area contributed by atoms with Gasteiger partial charge in [0, 0.05) is 0 Å². The van der Waals surface area contributed by atoms with E-state index in [9.17, 15) is 9.59 Å². The molecule has 0 unspecified atom stereocenters. The zero-order valence-corrected chi connectivity index (χ0v) is 7.74. The van der Waals surface area contributed by atoms with Crippen LogP contribution >= 0.6 is 0 Å². The van der Waals surface area contributed by atoms with Gasteiger partial charge in [0.2, 0.25) is 0 Å². The molecule has 0 spiro atoms. The lowest BCUT2D eigenvalue weighted by Crippen LogP contribution is -2.19. The van der Waals surface area contributed by atoms with Gasteiger partial charge in [-0.1, -0.05) is 6.92 Å². The van der Waals surface area contributed by atoms with Gasteiger partial charge in [0.25, 0.3) is 5.78 Å². The highest BCUT2D eigenvalue weighted by atomic mass is 16.5. The van der Waals surface area contributed by atoms with E-state index in [4.69, 9.17) is 5.53 Å². The molecule has 13 heavy (non-hydrogen) atoms. The van der Waals surface area contributed by atoms with Crippen molar-refractivity contribution < 1.29 is 19.1 Å². The molecule has 5 nitrogen and oxygen atoms in total. The van der Waals surface area contributed by atoms with Gasteiger partial charge in [-0.05, 0) is 6.92 Å². The predicted molar refractivity (Wildman–Crippen MR) is 45.2 cm³/mol. The van der Waals surface area contributed by atoms with Crippen LogP contribution in [0.15, 0.2) is 0 Å².